The monoisotopic (exact) mass is 597 g/mol. The highest BCUT2D eigenvalue weighted by molar-refractivity contribution is 6.31. The molecule has 3 aromatic carbocycles. The number of carbonyl (C=O) groups is 3. The molecule has 0 aliphatic rings. The Labute approximate surface area is 243 Å². The molecule has 0 fully saturated rings. The Morgan fingerprint density at radius 2 is 1.50 bits per heavy atom. The number of benzene rings is 3. The maximum Gasteiger partial charge on any atom is 0.417 e. The standard InChI is InChI=1S/C29H23ClF3N5O4/c30-24-12-9-20(16-23(24)29(31,32)33)36-28(41)35-19-7-10-21(11-8-19)42-22-14-15-34-25(17-22)27(40)38-37-26(39)13-6-18-4-2-1-3-5-18/h1-5,7-12,14-17H,6,13H2,(H,37,39)(H,38,40)(H2,35,36,41). The van der Waals surface area contributed by atoms with Crippen molar-refractivity contribution >= 4 is 40.8 Å². The maximum absolute atomic E-state index is 13.0. The Bertz CT molecular complexity index is 1570. The van der Waals surface area contributed by atoms with E-state index >= 15 is 0 Å². The van der Waals surface area contributed by atoms with E-state index in [0.29, 0.717) is 17.9 Å². The second kappa shape index (κ2) is 13.5. The van der Waals surface area contributed by atoms with E-state index in [1.165, 1.54) is 48.7 Å². The second-order valence-corrected chi connectivity index (χ2v) is 9.17. The lowest BCUT2D eigenvalue weighted by Gasteiger charge is -2.13. The van der Waals surface area contributed by atoms with Gasteiger partial charge < -0.3 is 15.4 Å². The second-order valence-electron chi connectivity index (χ2n) is 8.76. The molecule has 13 heteroatoms. The van der Waals surface area contributed by atoms with Gasteiger partial charge in [0.2, 0.25) is 5.91 Å². The summed E-state index contributed by atoms with van der Waals surface area (Å²) in [6.45, 7) is 0. The minimum absolute atomic E-state index is 0.00157. The molecule has 0 aliphatic heterocycles. The molecule has 0 spiro atoms. The van der Waals surface area contributed by atoms with Gasteiger partial charge in [0.15, 0.2) is 0 Å². The van der Waals surface area contributed by atoms with Crippen molar-refractivity contribution in [3.63, 3.8) is 0 Å². The molecule has 42 heavy (non-hydrogen) atoms. The van der Waals surface area contributed by atoms with Crippen LogP contribution in [-0.2, 0) is 17.4 Å². The van der Waals surface area contributed by atoms with Crippen LogP contribution in [-0.4, -0.2) is 22.8 Å². The number of nitrogens with zero attached hydrogens (tertiary/aromatic N) is 1. The fraction of sp³-hybridized carbons (Fsp3) is 0.103. The molecule has 0 aliphatic carbocycles. The number of alkyl halides is 3. The molecule has 0 bridgehead atoms. The minimum atomic E-state index is -4.67. The number of rotatable bonds is 8. The van der Waals surface area contributed by atoms with E-state index in [4.69, 9.17) is 16.3 Å². The van der Waals surface area contributed by atoms with Crippen molar-refractivity contribution in [3.05, 3.63) is 113 Å². The molecular formula is C29H23ClF3N5O4. The number of aryl methyl sites for hydroxylation is 1. The fourth-order valence-corrected chi connectivity index (χ4v) is 3.84. The van der Waals surface area contributed by atoms with Crippen LogP contribution in [0.25, 0.3) is 0 Å². The topological polar surface area (TPSA) is 121 Å². The van der Waals surface area contributed by atoms with E-state index in [-0.39, 0.29) is 29.5 Å². The van der Waals surface area contributed by atoms with Gasteiger partial charge in [0, 0.05) is 30.1 Å². The molecule has 0 saturated carbocycles. The lowest BCUT2D eigenvalue weighted by Crippen LogP contribution is -2.42. The first-order chi connectivity index (χ1) is 20.1. The minimum Gasteiger partial charge on any atom is -0.457 e. The van der Waals surface area contributed by atoms with Crippen LogP contribution < -0.4 is 26.2 Å². The van der Waals surface area contributed by atoms with Gasteiger partial charge in [-0.3, -0.25) is 25.4 Å². The maximum atomic E-state index is 13.0. The summed E-state index contributed by atoms with van der Waals surface area (Å²) in [6, 6.07) is 20.7. The normalized spacial score (nSPS) is 10.9. The highest BCUT2D eigenvalue weighted by atomic mass is 35.5. The van der Waals surface area contributed by atoms with Crippen molar-refractivity contribution < 1.29 is 32.3 Å². The number of amides is 4. The summed E-state index contributed by atoms with van der Waals surface area (Å²) < 4.78 is 44.9. The summed E-state index contributed by atoms with van der Waals surface area (Å²) in [6.07, 6.45) is -2.59. The van der Waals surface area contributed by atoms with Gasteiger partial charge in [-0.1, -0.05) is 41.9 Å². The number of ether oxygens (including phenoxy) is 1. The largest absolute Gasteiger partial charge is 0.457 e. The van der Waals surface area contributed by atoms with Crippen LogP contribution in [0.2, 0.25) is 5.02 Å². The molecule has 0 unspecified atom stereocenters. The third-order valence-electron chi connectivity index (χ3n) is 5.64. The van der Waals surface area contributed by atoms with E-state index in [2.05, 4.69) is 26.5 Å². The van der Waals surface area contributed by atoms with Crippen molar-refractivity contribution in [1.82, 2.24) is 15.8 Å². The fourth-order valence-electron chi connectivity index (χ4n) is 3.61. The highest BCUT2D eigenvalue weighted by Gasteiger charge is 2.33. The van der Waals surface area contributed by atoms with Crippen LogP contribution in [0.5, 0.6) is 11.5 Å². The summed E-state index contributed by atoms with van der Waals surface area (Å²) >= 11 is 5.60. The zero-order valence-corrected chi connectivity index (χ0v) is 22.4. The summed E-state index contributed by atoms with van der Waals surface area (Å²) in [5, 5.41) is 4.35. The van der Waals surface area contributed by atoms with Crippen molar-refractivity contribution in [3.8, 4) is 11.5 Å². The number of hydrogen-bond acceptors (Lipinski definition) is 5. The predicted molar refractivity (Wildman–Crippen MR) is 150 cm³/mol. The van der Waals surface area contributed by atoms with Crippen LogP contribution in [0.4, 0.5) is 29.3 Å². The number of aromatic nitrogens is 1. The summed E-state index contributed by atoms with van der Waals surface area (Å²) in [4.78, 5) is 40.8. The molecule has 0 radical (unpaired) electrons. The van der Waals surface area contributed by atoms with Gasteiger partial charge in [-0.2, -0.15) is 13.2 Å². The van der Waals surface area contributed by atoms with Crippen molar-refractivity contribution in [1.29, 1.82) is 0 Å². The predicted octanol–water partition coefficient (Wildman–Crippen LogP) is 6.58. The zero-order valence-electron chi connectivity index (χ0n) is 21.7. The molecule has 4 N–H and O–H groups in total. The Balaban J connectivity index is 1.27. The average Bonchev–Trinajstić information content (AvgIpc) is 2.97. The molecule has 0 atom stereocenters. The van der Waals surface area contributed by atoms with Crippen molar-refractivity contribution in [2.45, 2.75) is 19.0 Å². The zero-order chi connectivity index (χ0) is 30.1. The van der Waals surface area contributed by atoms with E-state index in [1.54, 1.807) is 0 Å². The molecule has 0 saturated heterocycles. The average molecular weight is 598 g/mol. The third-order valence-corrected chi connectivity index (χ3v) is 5.97. The first-order valence-electron chi connectivity index (χ1n) is 12.4. The van der Waals surface area contributed by atoms with E-state index in [1.807, 2.05) is 30.3 Å². The first-order valence-corrected chi connectivity index (χ1v) is 12.8. The Hall–Kier alpha value is -5.10. The molecule has 4 amide bonds. The van der Waals surface area contributed by atoms with Gasteiger partial charge in [0.05, 0.1) is 10.6 Å². The van der Waals surface area contributed by atoms with E-state index in [9.17, 15) is 27.6 Å². The molecule has 4 aromatic rings. The quantitative estimate of drug-likeness (QED) is 0.171. The van der Waals surface area contributed by atoms with Crippen molar-refractivity contribution in [2.24, 2.45) is 0 Å². The number of hydrogen-bond donors (Lipinski definition) is 4. The van der Waals surface area contributed by atoms with Gasteiger partial charge in [-0.25, -0.2) is 4.79 Å². The van der Waals surface area contributed by atoms with Gasteiger partial charge in [0.1, 0.15) is 17.2 Å². The molecule has 1 heterocycles. The van der Waals surface area contributed by atoms with Gasteiger partial charge >= 0.3 is 12.2 Å². The molecule has 216 valence electrons. The third kappa shape index (κ3) is 8.70. The molecule has 9 nitrogen and oxygen atoms in total. The summed E-state index contributed by atoms with van der Waals surface area (Å²) in [7, 11) is 0. The van der Waals surface area contributed by atoms with Crippen LogP contribution in [0.15, 0.2) is 91.1 Å². The Kier molecular flexibility index (Phi) is 9.61. The van der Waals surface area contributed by atoms with E-state index in [0.717, 1.165) is 17.7 Å². The van der Waals surface area contributed by atoms with Gasteiger partial charge in [0.25, 0.3) is 5.91 Å². The van der Waals surface area contributed by atoms with Gasteiger partial charge in [-0.05, 0) is 60.5 Å². The summed E-state index contributed by atoms with van der Waals surface area (Å²) in [5.74, 6) is -0.351. The number of hydrazine groups is 1. The van der Waals surface area contributed by atoms with Crippen molar-refractivity contribution in [2.75, 3.05) is 10.6 Å². The number of halogens is 4. The molecular weight excluding hydrogens is 575 g/mol. The number of urea groups is 1. The Morgan fingerprint density at radius 1 is 0.810 bits per heavy atom. The van der Waals surface area contributed by atoms with Crippen LogP contribution >= 0.6 is 11.6 Å². The lowest BCUT2D eigenvalue weighted by atomic mass is 10.1. The number of carbonyl (C=O) groups excluding carboxylic acids is 3. The lowest BCUT2D eigenvalue weighted by molar-refractivity contribution is -0.137. The highest BCUT2D eigenvalue weighted by Crippen LogP contribution is 2.36. The number of nitrogens with one attached hydrogen (secondary N) is 4. The molecule has 1 aromatic heterocycles. The Morgan fingerprint density at radius 3 is 2.21 bits per heavy atom. The van der Waals surface area contributed by atoms with Crippen LogP contribution in [0, 0.1) is 0 Å². The molecule has 4 rings (SSSR count). The number of anilines is 2. The number of pyridine rings is 1. The van der Waals surface area contributed by atoms with Gasteiger partial charge in [-0.15, -0.1) is 0 Å². The smallest absolute Gasteiger partial charge is 0.417 e. The summed E-state index contributed by atoms with van der Waals surface area (Å²) in [5.41, 5.74) is 4.85. The first kappa shape index (κ1) is 29.9. The van der Waals surface area contributed by atoms with Crippen LogP contribution in [0.3, 0.4) is 0 Å². The SMILES string of the molecule is O=C(CCc1ccccc1)NNC(=O)c1cc(Oc2ccc(NC(=O)Nc3ccc(Cl)c(C(F)(F)F)c3)cc2)ccn1. The van der Waals surface area contributed by atoms with E-state index < -0.39 is 28.7 Å². The van der Waals surface area contributed by atoms with Crippen LogP contribution in [0.1, 0.15) is 28.0 Å².